The van der Waals surface area contributed by atoms with Crippen LogP contribution in [-0.4, -0.2) is 36.5 Å². The summed E-state index contributed by atoms with van der Waals surface area (Å²) in [5, 5.41) is 14.9. The predicted octanol–water partition coefficient (Wildman–Crippen LogP) is 8.00. The van der Waals surface area contributed by atoms with Gasteiger partial charge in [-0.25, -0.2) is 0 Å². The minimum atomic E-state index is -4.62. The fraction of sp³-hybridized carbons (Fsp3) is 0.394. The summed E-state index contributed by atoms with van der Waals surface area (Å²) in [6, 6.07) is 21.7. The zero-order chi connectivity index (χ0) is 30.3. The van der Waals surface area contributed by atoms with Crippen LogP contribution >= 0.6 is 11.6 Å². The summed E-state index contributed by atoms with van der Waals surface area (Å²) >= 11 is 5.73. The van der Waals surface area contributed by atoms with Crippen molar-refractivity contribution in [1.82, 2.24) is 10.2 Å². The third-order valence-corrected chi connectivity index (χ3v) is 8.50. The number of piperidine rings is 1. The van der Waals surface area contributed by atoms with E-state index in [9.17, 15) is 23.2 Å². The van der Waals surface area contributed by atoms with Crippen molar-refractivity contribution < 1.29 is 18.0 Å². The zero-order valence-corrected chi connectivity index (χ0v) is 24.7. The molecule has 1 fully saturated rings. The van der Waals surface area contributed by atoms with Crippen molar-refractivity contribution in [1.29, 1.82) is 5.26 Å². The highest BCUT2D eigenvalue weighted by Gasteiger charge is 2.38. The second-order valence-corrected chi connectivity index (χ2v) is 11.2. The van der Waals surface area contributed by atoms with Crippen LogP contribution in [0.25, 0.3) is 11.1 Å². The maximum atomic E-state index is 13.3. The van der Waals surface area contributed by atoms with Crippen LogP contribution in [0.15, 0.2) is 66.7 Å². The molecular weight excluding hydrogens is 561 g/mol. The molecule has 0 bridgehead atoms. The molecule has 0 radical (unpaired) electrons. The van der Waals surface area contributed by atoms with Gasteiger partial charge in [0.1, 0.15) is 0 Å². The molecule has 0 spiro atoms. The SMILES string of the molecule is CCCC(CC)N1CCC(NCC(=O)Nc2ccc(Cl)c(C(F)(F)F)c2)(c2ccc(-c3cccc(C#N)c3)cc2)CC1. The van der Waals surface area contributed by atoms with Crippen LogP contribution < -0.4 is 10.6 Å². The summed E-state index contributed by atoms with van der Waals surface area (Å²) < 4.78 is 39.9. The molecule has 1 amide bonds. The molecule has 1 heterocycles. The van der Waals surface area contributed by atoms with Gasteiger partial charge in [0, 0.05) is 30.4 Å². The van der Waals surface area contributed by atoms with E-state index >= 15 is 0 Å². The topological polar surface area (TPSA) is 68.2 Å². The van der Waals surface area contributed by atoms with Gasteiger partial charge in [0.2, 0.25) is 5.91 Å². The lowest BCUT2D eigenvalue weighted by Crippen LogP contribution is -2.54. The van der Waals surface area contributed by atoms with Gasteiger partial charge in [0.25, 0.3) is 0 Å². The number of nitrogens with zero attached hydrogens (tertiary/aromatic N) is 2. The van der Waals surface area contributed by atoms with Gasteiger partial charge >= 0.3 is 6.18 Å². The molecule has 1 unspecified atom stereocenters. The quantitative estimate of drug-likeness (QED) is 0.249. The zero-order valence-electron chi connectivity index (χ0n) is 23.9. The van der Waals surface area contributed by atoms with E-state index in [1.165, 1.54) is 6.07 Å². The number of nitriles is 1. The number of halogens is 4. The first-order valence-electron chi connectivity index (χ1n) is 14.4. The molecule has 3 aromatic rings. The number of nitrogens with one attached hydrogen (secondary N) is 2. The van der Waals surface area contributed by atoms with E-state index in [0.29, 0.717) is 11.6 Å². The second kappa shape index (κ2) is 13.7. The molecule has 0 aromatic heterocycles. The van der Waals surface area contributed by atoms with Gasteiger partial charge in [-0.2, -0.15) is 18.4 Å². The van der Waals surface area contributed by atoms with Gasteiger partial charge in [-0.3, -0.25) is 10.1 Å². The lowest BCUT2D eigenvalue weighted by Gasteiger charge is -2.45. The van der Waals surface area contributed by atoms with E-state index in [1.807, 2.05) is 30.3 Å². The van der Waals surface area contributed by atoms with Crippen LogP contribution in [0.5, 0.6) is 0 Å². The summed E-state index contributed by atoms with van der Waals surface area (Å²) in [5.41, 5.74) is 2.14. The molecule has 1 aliphatic heterocycles. The lowest BCUT2D eigenvalue weighted by molar-refractivity contribution is -0.137. The van der Waals surface area contributed by atoms with E-state index in [4.69, 9.17) is 11.6 Å². The Bertz CT molecular complexity index is 1410. The van der Waals surface area contributed by atoms with Crippen LogP contribution in [0.4, 0.5) is 18.9 Å². The van der Waals surface area contributed by atoms with Crippen LogP contribution in [0.3, 0.4) is 0 Å². The van der Waals surface area contributed by atoms with Crippen molar-refractivity contribution >= 4 is 23.2 Å². The van der Waals surface area contributed by atoms with Crippen molar-refractivity contribution in [2.75, 3.05) is 25.0 Å². The van der Waals surface area contributed by atoms with Crippen molar-refractivity contribution in [3.8, 4) is 17.2 Å². The molecule has 1 aliphatic rings. The predicted molar refractivity (Wildman–Crippen MR) is 161 cm³/mol. The fourth-order valence-corrected chi connectivity index (χ4v) is 6.07. The Morgan fingerprint density at radius 2 is 1.76 bits per heavy atom. The van der Waals surface area contributed by atoms with Crippen LogP contribution in [-0.2, 0) is 16.5 Å². The lowest BCUT2D eigenvalue weighted by atomic mass is 9.79. The van der Waals surface area contributed by atoms with Gasteiger partial charge < -0.3 is 10.2 Å². The van der Waals surface area contributed by atoms with Crippen LogP contribution in [0, 0.1) is 11.3 Å². The third-order valence-electron chi connectivity index (χ3n) is 8.17. The summed E-state index contributed by atoms with van der Waals surface area (Å²) in [7, 11) is 0. The number of carbonyl (C=O) groups is 1. The van der Waals surface area contributed by atoms with Gasteiger partial charge in [-0.1, -0.05) is 68.3 Å². The van der Waals surface area contributed by atoms with E-state index in [0.717, 1.165) is 74.0 Å². The molecule has 1 atom stereocenters. The molecule has 0 aliphatic carbocycles. The number of carbonyl (C=O) groups excluding carboxylic acids is 1. The van der Waals surface area contributed by atoms with Crippen LogP contribution in [0.2, 0.25) is 5.02 Å². The molecule has 42 heavy (non-hydrogen) atoms. The number of hydrogen-bond donors (Lipinski definition) is 2. The largest absolute Gasteiger partial charge is 0.417 e. The number of hydrogen-bond acceptors (Lipinski definition) is 4. The average molecular weight is 597 g/mol. The van der Waals surface area contributed by atoms with Gasteiger partial charge in [0.05, 0.1) is 28.8 Å². The minimum Gasteiger partial charge on any atom is -0.325 e. The molecule has 3 aromatic carbocycles. The van der Waals surface area contributed by atoms with Gasteiger partial charge in [-0.05, 0) is 72.7 Å². The minimum absolute atomic E-state index is 0.0386. The molecule has 2 N–H and O–H groups in total. The Labute approximate surface area is 250 Å². The fourth-order valence-electron chi connectivity index (χ4n) is 5.84. The third kappa shape index (κ3) is 7.52. The highest BCUT2D eigenvalue weighted by atomic mass is 35.5. The number of amides is 1. The number of alkyl halides is 3. The second-order valence-electron chi connectivity index (χ2n) is 10.8. The van der Waals surface area contributed by atoms with Crippen molar-refractivity contribution in [2.24, 2.45) is 0 Å². The van der Waals surface area contributed by atoms with Crippen molar-refractivity contribution in [3.05, 3.63) is 88.4 Å². The molecule has 4 rings (SSSR count). The van der Waals surface area contributed by atoms with E-state index in [-0.39, 0.29) is 12.2 Å². The average Bonchev–Trinajstić information content (AvgIpc) is 2.99. The summed E-state index contributed by atoms with van der Waals surface area (Å²) in [6.45, 7) is 6.08. The summed E-state index contributed by atoms with van der Waals surface area (Å²) in [5.74, 6) is -0.436. The summed E-state index contributed by atoms with van der Waals surface area (Å²) in [4.78, 5) is 15.5. The maximum Gasteiger partial charge on any atom is 0.417 e. The van der Waals surface area contributed by atoms with Gasteiger partial charge in [0.15, 0.2) is 0 Å². The Kier molecular flexibility index (Phi) is 10.3. The maximum absolute atomic E-state index is 13.3. The first kappa shape index (κ1) is 31.6. The van der Waals surface area contributed by atoms with E-state index in [2.05, 4.69) is 47.6 Å². The number of likely N-dealkylation sites (tertiary alicyclic amines) is 1. The van der Waals surface area contributed by atoms with Gasteiger partial charge in [-0.15, -0.1) is 0 Å². The Morgan fingerprint density at radius 3 is 2.38 bits per heavy atom. The smallest absolute Gasteiger partial charge is 0.325 e. The number of rotatable bonds is 10. The highest BCUT2D eigenvalue weighted by Crippen LogP contribution is 2.37. The number of anilines is 1. The molecule has 5 nitrogen and oxygen atoms in total. The monoisotopic (exact) mass is 596 g/mol. The molecule has 1 saturated heterocycles. The Hall–Kier alpha value is -3.38. The first-order valence-corrected chi connectivity index (χ1v) is 14.7. The molecule has 222 valence electrons. The van der Waals surface area contributed by atoms with Crippen molar-refractivity contribution in [3.63, 3.8) is 0 Å². The standard InChI is InChI=1S/C33H36ClF3N4O/c1-3-6-28(4-2)41-17-15-32(16-18-41,26-11-9-24(10-12-26)25-8-5-7-23(19-25)21-38)39-22-31(42)40-27-13-14-30(34)29(20-27)33(35,36)37/h5,7-14,19-20,28,39H,3-4,6,15-18,22H2,1-2H3,(H,40,42). The molecule has 9 heteroatoms. The van der Waals surface area contributed by atoms with E-state index < -0.39 is 28.2 Å². The normalized spacial score (nSPS) is 16.0. The molecule has 0 saturated carbocycles. The Balaban J connectivity index is 1.54. The van der Waals surface area contributed by atoms with Crippen molar-refractivity contribution in [2.45, 2.75) is 63.7 Å². The highest BCUT2D eigenvalue weighted by molar-refractivity contribution is 6.31. The Morgan fingerprint density at radius 1 is 1.05 bits per heavy atom. The summed E-state index contributed by atoms with van der Waals surface area (Å²) in [6.07, 6.45) is 0.273. The molecular formula is C33H36ClF3N4O. The number of benzene rings is 3. The first-order chi connectivity index (χ1) is 20.1. The van der Waals surface area contributed by atoms with Crippen LogP contribution in [0.1, 0.15) is 62.6 Å². The van der Waals surface area contributed by atoms with E-state index in [1.54, 1.807) is 6.07 Å².